The minimum Gasteiger partial charge on any atom is -0.444 e. The Kier molecular flexibility index (Phi) is 7.64. The van der Waals surface area contributed by atoms with Gasteiger partial charge in [-0.1, -0.05) is 0 Å². The zero-order valence-electron chi connectivity index (χ0n) is 21.3. The Hall–Kier alpha value is -3.91. The van der Waals surface area contributed by atoms with Crippen molar-refractivity contribution in [2.24, 2.45) is 7.05 Å². The number of aromatic nitrogens is 7. The highest BCUT2D eigenvalue weighted by molar-refractivity contribution is 5.86. The van der Waals surface area contributed by atoms with E-state index in [0.29, 0.717) is 5.56 Å². The predicted molar refractivity (Wildman–Crippen MR) is 125 cm³/mol. The molecule has 3 N–H and O–H groups in total. The normalized spacial score (nSPS) is 13.3. The third-order valence-corrected chi connectivity index (χ3v) is 4.96. The second-order valence-corrected chi connectivity index (χ2v) is 10.2. The van der Waals surface area contributed by atoms with E-state index in [4.69, 9.17) is 4.74 Å². The molecule has 0 spiro atoms. The Balaban J connectivity index is 1.82. The number of aryl methyl sites for hydroxylation is 1. The first-order valence-corrected chi connectivity index (χ1v) is 11.3. The summed E-state index contributed by atoms with van der Waals surface area (Å²) in [5, 5.41) is 23.0. The number of carbonyl (C=O) groups is 2. The molecule has 1 atom stereocenters. The number of alkyl carbamates (subject to hydrolysis) is 1. The third-order valence-electron chi connectivity index (χ3n) is 4.96. The zero-order chi connectivity index (χ0) is 27.6. The summed E-state index contributed by atoms with van der Waals surface area (Å²) in [6.45, 7) is 8.19. The van der Waals surface area contributed by atoms with Crippen LogP contribution in [-0.4, -0.2) is 64.2 Å². The molecule has 0 bridgehead atoms. The summed E-state index contributed by atoms with van der Waals surface area (Å²) in [6.07, 6.45) is -0.815. The molecule has 3 heterocycles. The molecule has 0 saturated heterocycles. The van der Waals surface area contributed by atoms with Crippen molar-refractivity contribution in [1.82, 2.24) is 45.6 Å². The molecule has 3 aromatic heterocycles. The molecule has 0 aliphatic heterocycles. The topological polar surface area (TPSA) is 145 Å². The molecule has 202 valence electrons. The van der Waals surface area contributed by atoms with Crippen LogP contribution >= 0.6 is 0 Å². The molecule has 3 rings (SSSR count). The highest BCUT2D eigenvalue weighted by Gasteiger charge is 2.37. The van der Waals surface area contributed by atoms with Crippen molar-refractivity contribution in [3.63, 3.8) is 0 Å². The summed E-state index contributed by atoms with van der Waals surface area (Å²) >= 11 is 0. The average molecular weight is 526 g/mol. The number of ether oxygens (including phenoxy) is 1. The molecule has 0 aliphatic carbocycles. The second kappa shape index (κ2) is 10.2. The van der Waals surface area contributed by atoms with Crippen molar-refractivity contribution in [1.29, 1.82) is 0 Å². The van der Waals surface area contributed by atoms with E-state index in [1.165, 1.54) is 6.20 Å². The third kappa shape index (κ3) is 7.79. The van der Waals surface area contributed by atoms with E-state index in [0.717, 1.165) is 10.7 Å². The van der Waals surface area contributed by atoms with Crippen LogP contribution in [0.25, 0.3) is 11.4 Å². The van der Waals surface area contributed by atoms with Crippen LogP contribution in [0, 0.1) is 0 Å². The van der Waals surface area contributed by atoms with Gasteiger partial charge < -0.3 is 15.4 Å². The van der Waals surface area contributed by atoms with Gasteiger partial charge in [-0.2, -0.15) is 38.8 Å². The highest BCUT2D eigenvalue weighted by atomic mass is 19.4. The summed E-state index contributed by atoms with van der Waals surface area (Å²) in [5.41, 5.74) is -2.06. The van der Waals surface area contributed by atoms with E-state index in [9.17, 15) is 22.8 Å². The van der Waals surface area contributed by atoms with Gasteiger partial charge in [-0.3, -0.25) is 14.2 Å². The van der Waals surface area contributed by atoms with E-state index in [2.05, 4.69) is 36.2 Å². The van der Waals surface area contributed by atoms with Crippen molar-refractivity contribution < 1.29 is 27.5 Å². The number of alkyl halides is 3. The van der Waals surface area contributed by atoms with E-state index >= 15 is 0 Å². The standard InChI is InChI=1S/C22H30F3N9O3/c1-20(2,3)37-19(36)28-14(7-13-9-27-33(6)11-13)18(35)29-21(4,5)12-34-16(15-10-26-32-30-15)8-17(31-34)22(23,24)25/h8-11,14H,7,12H2,1-6H3,(H,28,36)(H,29,35)(H,26,30,32)/t14-/m1/s1. The van der Waals surface area contributed by atoms with Crippen LogP contribution in [0.5, 0.6) is 0 Å². The largest absolute Gasteiger partial charge is 0.444 e. The number of carbonyl (C=O) groups excluding carboxylic acids is 2. The van der Waals surface area contributed by atoms with Gasteiger partial charge in [-0.25, -0.2) is 4.79 Å². The zero-order valence-corrected chi connectivity index (χ0v) is 21.3. The lowest BCUT2D eigenvalue weighted by molar-refractivity contribution is -0.141. The molecular weight excluding hydrogens is 495 g/mol. The average Bonchev–Trinajstić information content (AvgIpc) is 3.46. The van der Waals surface area contributed by atoms with Crippen LogP contribution in [0.15, 0.2) is 24.7 Å². The summed E-state index contributed by atoms with van der Waals surface area (Å²) in [4.78, 5) is 25.7. The van der Waals surface area contributed by atoms with E-state index in [1.54, 1.807) is 58.7 Å². The lowest BCUT2D eigenvalue weighted by Crippen LogP contribution is -2.55. The SMILES string of the molecule is Cn1cc(C[C@@H](NC(=O)OC(C)(C)C)C(=O)NC(C)(C)Cn2nc(C(F)(F)F)cc2-c2cn[nH]n2)cn1. The molecule has 37 heavy (non-hydrogen) atoms. The summed E-state index contributed by atoms with van der Waals surface area (Å²) in [7, 11) is 1.72. The van der Waals surface area contributed by atoms with Gasteiger partial charge in [0.05, 0.1) is 30.2 Å². The molecular formula is C22H30F3N9O3. The minimum atomic E-state index is -4.68. The maximum atomic E-state index is 13.4. The second-order valence-electron chi connectivity index (χ2n) is 10.2. The summed E-state index contributed by atoms with van der Waals surface area (Å²) < 4.78 is 48.1. The number of amides is 2. The number of hydrogen-bond acceptors (Lipinski definition) is 7. The fourth-order valence-electron chi connectivity index (χ4n) is 3.51. The number of H-pyrrole nitrogens is 1. The number of nitrogens with zero attached hydrogens (tertiary/aromatic N) is 6. The van der Waals surface area contributed by atoms with Crippen LogP contribution in [-0.2, 0) is 35.7 Å². The predicted octanol–water partition coefficient (Wildman–Crippen LogP) is 2.45. The van der Waals surface area contributed by atoms with Crippen molar-refractivity contribution >= 4 is 12.0 Å². The molecule has 2 amide bonds. The van der Waals surface area contributed by atoms with Crippen molar-refractivity contribution in [3.05, 3.63) is 35.9 Å². The molecule has 0 radical (unpaired) electrons. The monoisotopic (exact) mass is 525 g/mol. The lowest BCUT2D eigenvalue weighted by Gasteiger charge is -2.30. The Morgan fingerprint density at radius 2 is 1.86 bits per heavy atom. The van der Waals surface area contributed by atoms with E-state index < -0.39 is 41.1 Å². The fraction of sp³-hybridized carbons (Fsp3) is 0.545. The lowest BCUT2D eigenvalue weighted by atomic mass is 10.0. The quantitative estimate of drug-likeness (QED) is 0.410. The van der Waals surface area contributed by atoms with E-state index in [-0.39, 0.29) is 24.4 Å². The Bertz CT molecular complexity index is 1220. The summed E-state index contributed by atoms with van der Waals surface area (Å²) in [6, 6.07) is -0.179. The minimum absolute atomic E-state index is 0.0715. The van der Waals surface area contributed by atoms with Gasteiger partial charge in [0, 0.05) is 19.7 Å². The summed E-state index contributed by atoms with van der Waals surface area (Å²) in [5.74, 6) is -0.564. The van der Waals surface area contributed by atoms with Crippen LogP contribution in [0.3, 0.4) is 0 Å². The van der Waals surface area contributed by atoms with Gasteiger partial charge in [0.1, 0.15) is 17.3 Å². The number of hydrogen-bond donors (Lipinski definition) is 3. The first kappa shape index (κ1) is 27.7. The van der Waals surface area contributed by atoms with Crippen LogP contribution < -0.4 is 10.6 Å². The molecule has 0 aromatic carbocycles. The number of nitrogens with one attached hydrogen (secondary N) is 3. The van der Waals surface area contributed by atoms with Crippen LogP contribution in [0.2, 0.25) is 0 Å². The molecule has 15 heteroatoms. The first-order chi connectivity index (χ1) is 17.0. The fourth-order valence-corrected chi connectivity index (χ4v) is 3.51. The van der Waals surface area contributed by atoms with Crippen molar-refractivity contribution in [3.8, 4) is 11.4 Å². The van der Waals surface area contributed by atoms with Gasteiger partial charge in [0.15, 0.2) is 5.69 Å². The number of rotatable bonds is 8. The molecule has 0 unspecified atom stereocenters. The smallest absolute Gasteiger partial charge is 0.435 e. The van der Waals surface area contributed by atoms with Gasteiger partial charge in [-0.15, -0.1) is 0 Å². The van der Waals surface area contributed by atoms with E-state index in [1.807, 2.05) is 0 Å². The van der Waals surface area contributed by atoms with Crippen LogP contribution in [0.4, 0.5) is 18.0 Å². The van der Waals surface area contributed by atoms with Crippen LogP contribution in [0.1, 0.15) is 45.9 Å². The Morgan fingerprint density at radius 1 is 1.16 bits per heavy atom. The van der Waals surface area contributed by atoms with Gasteiger partial charge >= 0.3 is 12.3 Å². The van der Waals surface area contributed by atoms with Gasteiger partial charge in [0.25, 0.3) is 0 Å². The Labute approximate surface area is 210 Å². The maximum Gasteiger partial charge on any atom is 0.435 e. The highest BCUT2D eigenvalue weighted by Crippen LogP contribution is 2.31. The van der Waals surface area contributed by atoms with Gasteiger partial charge in [0.2, 0.25) is 5.91 Å². The van der Waals surface area contributed by atoms with Gasteiger partial charge in [-0.05, 0) is 46.2 Å². The maximum absolute atomic E-state index is 13.4. The number of aromatic amines is 1. The Morgan fingerprint density at radius 3 is 2.41 bits per heavy atom. The van der Waals surface area contributed by atoms with Crippen molar-refractivity contribution in [2.45, 2.75) is 70.9 Å². The number of halogens is 3. The molecule has 0 fully saturated rings. The molecule has 0 aliphatic rings. The van der Waals surface area contributed by atoms with Crippen molar-refractivity contribution in [2.75, 3.05) is 0 Å². The molecule has 0 saturated carbocycles. The molecule has 12 nitrogen and oxygen atoms in total. The first-order valence-electron chi connectivity index (χ1n) is 11.3. The molecule has 3 aromatic rings.